The number of nitrogens with zero attached hydrogens (tertiary/aromatic N) is 2. The van der Waals surface area contributed by atoms with Gasteiger partial charge in [0.15, 0.2) is 0 Å². The molecule has 0 amide bonds. The zero-order valence-electron chi connectivity index (χ0n) is 9.54. The van der Waals surface area contributed by atoms with Crippen molar-refractivity contribution in [3.05, 3.63) is 64.0 Å². The lowest BCUT2D eigenvalue weighted by Crippen LogP contribution is -1.91. The molecule has 0 spiro atoms. The zero-order chi connectivity index (χ0) is 13.8. The van der Waals surface area contributed by atoms with Crippen molar-refractivity contribution >= 4 is 5.69 Å². The quantitative estimate of drug-likeness (QED) is 0.624. The van der Waals surface area contributed by atoms with Gasteiger partial charge in [-0.05, 0) is 30.3 Å². The van der Waals surface area contributed by atoms with Crippen LogP contribution in [0.2, 0.25) is 0 Å². The molecular formula is C13H7FN2O3. The molecule has 0 aliphatic heterocycles. The molecule has 2 aromatic carbocycles. The van der Waals surface area contributed by atoms with Crippen LogP contribution in [-0.4, -0.2) is 4.92 Å². The van der Waals surface area contributed by atoms with Gasteiger partial charge >= 0.3 is 0 Å². The SMILES string of the molecule is N#Cc1cc(F)ccc1Oc1ccc([N+](=O)[O-])cc1. The number of nitriles is 1. The van der Waals surface area contributed by atoms with Crippen LogP contribution >= 0.6 is 0 Å². The Morgan fingerprint density at radius 2 is 1.89 bits per heavy atom. The topological polar surface area (TPSA) is 76.2 Å². The van der Waals surface area contributed by atoms with Gasteiger partial charge < -0.3 is 4.74 Å². The second-order valence-electron chi connectivity index (χ2n) is 3.61. The predicted octanol–water partition coefficient (Wildman–Crippen LogP) is 3.40. The molecule has 0 saturated heterocycles. The van der Waals surface area contributed by atoms with Crippen LogP contribution in [0, 0.1) is 27.3 Å². The summed E-state index contributed by atoms with van der Waals surface area (Å²) in [4.78, 5) is 9.96. The Kier molecular flexibility index (Phi) is 3.39. The van der Waals surface area contributed by atoms with Crippen LogP contribution < -0.4 is 4.74 Å². The summed E-state index contributed by atoms with van der Waals surface area (Å²) in [6, 6.07) is 10.7. The van der Waals surface area contributed by atoms with Gasteiger partial charge in [-0.25, -0.2) is 4.39 Å². The smallest absolute Gasteiger partial charge is 0.269 e. The van der Waals surface area contributed by atoms with Crippen LogP contribution in [0.4, 0.5) is 10.1 Å². The molecule has 0 unspecified atom stereocenters. The van der Waals surface area contributed by atoms with E-state index in [2.05, 4.69) is 0 Å². The van der Waals surface area contributed by atoms with Crippen molar-refractivity contribution in [2.45, 2.75) is 0 Å². The number of halogens is 1. The highest BCUT2D eigenvalue weighted by molar-refractivity contribution is 5.46. The minimum absolute atomic E-state index is 0.0540. The van der Waals surface area contributed by atoms with Crippen molar-refractivity contribution in [1.82, 2.24) is 0 Å². The van der Waals surface area contributed by atoms with Gasteiger partial charge in [0.2, 0.25) is 0 Å². The van der Waals surface area contributed by atoms with Crippen molar-refractivity contribution in [3.63, 3.8) is 0 Å². The Labute approximate surface area is 107 Å². The summed E-state index contributed by atoms with van der Waals surface area (Å²) in [6.07, 6.45) is 0. The first-order chi connectivity index (χ1) is 9.10. The summed E-state index contributed by atoms with van der Waals surface area (Å²) in [5.41, 5.74) is -0.00897. The van der Waals surface area contributed by atoms with Crippen molar-refractivity contribution < 1.29 is 14.1 Å². The standard InChI is InChI=1S/C13H7FN2O3/c14-10-1-6-13(9(7-10)8-15)19-12-4-2-11(3-5-12)16(17)18/h1-7H. The van der Waals surface area contributed by atoms with Crippen molar-refractivity contribution in [2.75, 3.05) is 0 Å². The molecule has 2 aromatic rings. The lowest BCUT2D eigenvalue weighted by atomic mass is 10.2. The van der Waals surface area contributed by atoms with E-state index in [4.69, 9.17) is 10.00 Å². The average Bonchev–Trinajstić information content (AvgIpc) is 2.41. The Morgan fingerprint density at radius 1 is 1.21 bits per heavy atom. The minimum Gasteiger partial charge on any atom is -0.456 e. The van der Waals surface area contributed by atoms with Gasteiger partial charge in [-0.1, -0.05) is 0 Å². The van der Waals surface area contributed by atoms with Crippen LogP contribution in [0.15, 0.2) is 42.5 Å². The monoisotopic (exact) mass is 258 g/mol. The Morgan fingerprint density at radius 3 is 2.47 bits per heavy atom. The van der Waals surface area contributed by atoms with E-state index in [0.29, 0.717) is 5.75 Å². The summed E-state index contributed by atoms with van der Waals surface area (Å²) < 4.78 is 18.3. The Bertz CT molecular complexity index is 663. The molecule has 0 N–H and O–H groups in total. The molecule has 0 aliphatic carbocycles. The lowest BCUT2D eigenvalue weighted by molar-refractivity contribution is -0.384. The van der Waals surface area contributed by atoms with Crippen LogP contribution in [-0.2, 0) is 0 Å². The van der Waals surface area contributed by atoms with E-state index in [9.17, 15) is 14.5 Å². The third-order valence-corrected chi connectivity index (χ3v) is 2.34. The second kappa shape index (κ2) is 5.14. The van der Waals surface area contributed by atoms with E-state index in [1.807, 2.05) is 6.07 Å². The summed E-state index contributed by atoms with van der Waals surface area (Å²) in [5.74, 6) is -0.0148. The molecule has 0 radical (unpaired) electrons. The van der Waals surface area contributed by atoms with Crippen LogP contribution in [0.3, 0.4) is 0 Å². The molecular weight excluding hydrogens is 251 g/mol. The van der Waals surface area contributed by atoms with E-state index in [1.165, 1.54) is 36.4 Å². The highest BCUT2D eigenvalue weighted by Crippen LogP contribution is 2.26. The average molecular weight is 258 g/mol. The number of nitro groups is 1. The molecule has 6 heteroatoms. The van der Waals surface area contributed by atoms with Crippen LogP contribution in [0.1, 0.15) is 5.56 Å². The number of rotatable bonds is 3. The third kappa shape index (κ3) is 2.84. The summed E-state index contributed by atoms with van der Waals surface area (Å²) in [7, 11) is 0. The first kappa shape index (κ1) is 12.5. The number of hydrogen-bond donors (Lipinski definition) is 0. The van der Waals surface area contributed by atoms with Gasteiger partial charge in [-0.3, -0.25) is 10.1 Å². The summed E-state index contributed by atoms with van der Waals surface area (Å²) in [6.45, 7) is 0. The second-order valence-corrected chi connectivity index (χ2v) is 3.61. The fourth-order valence-electron chi connectivity index (χ4n) is 1.44. The van der Waals surface area contributed by atoms with Gasteiger partial charge in [0.1, 0.15) is 23.4 Å². The van der Waals surface area contributed by atoms with Crippen molar-refractivity contribution in [3.8, 4) is 17.6 Å². The molecule has 0 atom stereocenters. The van der Waals surface area contributed by atoms with Gasteiger partial charge in [0, 0.05) is 12.1 Å². The molecule has 19 heavy (non-hydrogen) atoms. The number of ether oxygens (including phenoxy) is 1. The highest BCUT2D eigenvalue weighted by atomic mass is 19.1. The molecule has 94 valence electrons. The number of nitro benzene ring substituents is 1. The molecule has 5 nitrogen and oxygen atoms in total. The fraction of sp³-hybridized carbons (Fsp3) is 0. The van der Waals surface area contributed by atoms with Gasteiger partial charge in [-0.15, -0.1) is 0 Å². The van der Waals surface area contributed by atoms with Gasteiger partial charge in [0.25, 0.3) is 5.69 Å². The normalized spacial score (nSPS) is 9.68. The largest absolute Gasteiger partial charge is 0.456 e. The van der Waals surface area contributed by atoms with Gasteiger partial charge in [0.05, 0.1) is 10.5 Å². The molecule has 0 bridgehead atoms. The maximum absolute atomic E-state index is 12.9. The van der Waals surface area contributed by atoms with E-state index in [0.717, 1.165) is 6.07 Å². The minimum atomic E-state index is -0.535. The predicted molar refractivity (Wildman–Crippen MR) is 64.3 cm³/mol. The summed E-state index contributed by atoms with van der Waals surface area (Å²) >= 11 is 0. The van der Waals surface area contributed by atoms with Crippen molar-refractivity contribution in [2.24, 2.45) is 0 Å². The maximum Gasteiger partial charge on any atom is 0.269 e. The van der Waals surface area contributed by atoms with Crippen molar-refractivity contribution in [1.29, 1.82) is 5.26 Å². The third-order valence-electron chi connectivity index (χ3n) is 2.34. The Hall–Kier alpha value is -2.94. The van der Waals surface area contributed by atoms with Crippen LogP contribution in [0.25, 0.3) is 0 Å². The fourth-order valence-corrected chi connectivity index (χ4v) is 1.44. The maximum atomic E-state index is 12.9. The molecule has 0 fully saturated rings. The van der Waals surface area contributed by atoms with E-state index in [1.54, 1.807) is 0 Å². The number of benzene rings is 2. The van der Waals surface area contributed by atoms with Crippen LogP contribution in [0.5, 0.6) is 11.5 Å². The lowest BCUT2D eigenvalue weighted by Gasteiger charge is -2.06. The molecule has 0 aliphatic rings. The first-order valence-electron chi connectivity index (χ1n) is 5.22. The van der Waals surface area contributed by atoms with Gasteiger partial charge in [-0.2, -0.15) is 5.26 Å². The number of non-ortho nitro benzene ring substituents is 1. The Balaban J connectivity index is 2.26. The first-order valence-corrected chi connectivity index (χ1v) is 5.22. The molecule has 2 rings (SSSR count). The number of hydrogen-bond acceptors (Lipinski definition) is 4. The van der Waals surface area contributed by atoms with E-state index in [-0.39, 0.29) is 17.0 Å². The molecule has 0 heterocycles. The van der Waals surface area contributed by atoms with E-state index < -0.39 is 10.7 Å². The molecule has 0 saturated carbocycles. The highest BCUT2D eigenvalue weighted by Gasteiger charge is 2.08. The summed E-state index contributed by atoms with van der Waals surface area (Å²) in [5, 5.41) is 19.3. The van der Waals surface area contributed by atoms with E-state index >= 15 is 0 Å². The zero-order valence-corrected chi connectivity index (χ0v) is 9.54. The molecule has 0 aromatic heterocycles.